The van der Waals surface area contributed by atoms with E-state index in [1.54, 1.807) is 7.11 Å². The summed E-state index contributed by atoms with van der Waals surface area (Å²) in [5.74, 6) is 0.661. The fourth-order valence-corrected chi connectivity index (χ4v) is 3.13. The lowest BCUT2D eigenvalue weighted by molar-refractivity contribution is 0.104. The van der Waals surface area contributed by atoms with Crippen LogP contribution >= 0.6 is 11.6 Å². The van der Waals surface area contributed by atoms with Gasteiger partial charge in [-0.1, -0.05) is 35.9 Å². The summed E-state index contributed by atoms with van der Waals surface area (Å²) >= 11 is 6.24. The molecule has 0 aliphatic heterocycles. The number of aromatic nitrogens is 1. The van der Waals surface area contributed by atoms with Crippen LogP contribution in [0.25, 0.3) is 22.0 Å². The molecule has 0 amide bonds. The van der Waals surface area contributed by atoms with Crippen molar-refractivity contribution in [2.24, 2.45) is 0 Å². The number of ketones is 1. The summed E-state index contributed by atoms with van der Waals surface area (Å²) < 4.78 is 5.28. The highest BCUT2D eigenvalue weighted by Gasteiger charge is 2.31. The van der Waals surface area contributed by atoms with E-state index in [-0.39, 0.29) is 10.9 Å². The van der Waals surface area contributed by atoms with Gasteiger partial charge in [-0.2, -0.15) is 0 Å². The molecule has 1 aliphatic carbocycles. The van der Waals surface area contributed by atoms with E-state index in [4.69, 9.17) is 16.3 Å². The fourth-order valence-electron chi connectivity index (χ4n) is 2.86. The van der Waals surface area contributed by atoms with Crippen molar-refractivity contribution < 1.29 is 9.53 Å². The predicted molar refractivity (Wildman–Crippen MR) is 82.2 cm³/mol. The molecular weight excluding hydrogens is 286 g/mol. The standard InChI is InChI=1S/C17H10ClNO2/c1-21-9-6-7-13-12(8-9)14-10-4-2-3-5-11(10)16(20)15(14)17(18)19-13/h2-8H,1H3. The molecule has 0 saturated carbocycles. The third kappa shape index (κ3) is 1.61. The lowest BCUT2D eigenvalue weighted by Crippen LogP contribution is -1.98. The molecule has 21 heavy (non-hydrogen) atoms. The average molecular weight is 296 g/mol. The van der Waals surface area contributed by atoms with Crippen LogP contribution in [0.4, 0.5) is 0 Å². The fraction of sp³-hybridized carbons (Fsp3) is 0.0588. The van der Waals surface area contributed by atoms with Crippen molar-refractivity contribution in [1.29, 1.82) is 0 Å². The number of carbonyl (C=O) groups excluding carboxylic acids is 1. The van der Waals surface area contributed by atoms with Crippen LogP contribution in [-0.2, 0) is 0 Å². The van der Waals surface area contributed by atoms with Gasteiger partial charge in [0.05, 0.1) is 18.2 Å². The zero-order chi connectivity index (χ0) is 14.6. The lowest BCUT2D eigenvalue weighted by atomic mass is 10.0. The van der Waals surface area contributed by atoms with Gasteiger partial charge in [-0.05, 0) is 23.8 Å². The van der Waals surface area contributed by atoms with E-state index in [0.29, 0.717) is 11.1 Å². The first kappa shape index (κ1) is 12.4. The summed E-state index contributed by atoms with van der Waals surface area (Å²) in [5, 5.41) is 1.14. The Morgan fingerprint density at radius 3 is 2.57 bits per heavy atom. The van der Waals surface area contributed by atoms with Crippen molar-refractivity contribution in [1.82, 2.24) is 4.98 Å². The second-order valence-corrected chi connectivity index (χ2v) is 5.27. The van der Waals surface area contributed by atoms with Gasteiger partial charge in [0.2, 0.25) is 0 Å². The minimum Gasteiger partial charge on any atom is -0.497 e. The van der Waals surface area contributed by atoms with Crippen LogP contribution in [0.2, 0.25) is 5.15 Å². The molecule has 1 aromatic heterocycles. The Morgan fingerprint density at radius 2 is 1.81 bits per heavy atom. The van der Waals surface area contributed by atoms with E-state index < -0.39 is 0 Å². The molecular formula is C17H10ClNO2. The van der Waals surface area contributed by atoms with Crippen LogP contribution < -0.4 is 4.74 Å². The smallest absolute Gasteiger partial charge is 0.197 e. The van der Waals surface area contributed by atoms with Crippen molar-refractivity contribution in [3.05, 3.63) is 58.7 Å². The molecule has 0 spiro atoms. The molecule has 4 heteroatoms. The molecule has 0 unspecified atom stereocenters. The van der Waals surface area contributed by atoms with Crippen molar-refractivity contribution >= 4 is 28.3 Å². The summed E-state index contributed by atoms with van der Waals surface area (Å²) in [6, 6.07) is 13.1. The number of carbonyl (C=O) groups is 1. The van der Waals surface area contributed by atoms with E-state index in [0.717, 1.165) is 27.8 Å². The van der Waals surface area contributed by atoms with Crippen molar-refractivity contribution in [3.8, 4) is 16.9 Å². The van der Waals surface area contributed by atoms with Gasteiger partial charge in [0.1, 0.15) is 10.9 Å². The predicted octanol–water partition coefficient (Wildman–Crippen LogP) is 4.11. The van der Waals surface area contributed by atoms with Gasteiger partial charge in [0.15, 0.2) is 5.78 Å². The number of hydrogen-bond donors (Lipinski definition) is 0. The molecule has 0 fully saturated rings. The average Bonchev–Trinajstić information content (AvgIpc) is 2.82. The van der Waals surface area contributed by atoms with Gasteiger partial charge in [-0.3, -0.25) is 4.79 Å². The Labute approximate surface area is 126 Å². The Hall–Kier alpha value is -2.39. The highest BCUT2D eigenvalue weighted by Crippen LogP contribution is 2.44. The SMILES string of the molecule is COc1ccc2nc(Cl)c3c(c2c1)-c1ccccc1C3=O. The highest BCUT2D eigenvalue weighted by atomic mass is 35.5. The largest absolute Gasteiger partial charge is 0.497 e. The number of pyridine rings is 1. The molecule has 4 rings (SSSR count). The molecule has 3 nitrogen and oxygen atoms in total. The van der Waals surface area contributed by atoms with Gasteiger partial charge in [0.25, 0.3) is 0 Å². The van der Waals surface area contributed by atoms with Gasteiger partial charge < -0.3 is 4.74 Å². The Bertz CT molecular complexity index is 918. The number of hydrogen-bond acceptors (Lipinski definition) is 3. The summed E-state index contributed by atoms with van der Waals surface area (Å²) in [6.07, 6.45) is 0. The minimum atomic E-state index is -0.0668. The topological polar surface area (TPSA) is 39.2 Å². The summed E-state index contributed by atoms with van der Waals surface area (Å²) in [5.41, 5.74) is 3.67. The molecule has 0 bridgehead atoms. The monoisotopic (exact) mass is 295 g/mol. The van der Waals surface area contributed by atoms with E-state index in [9.17, 15) is 4.79 Å². The van der Waals surface area contributed by atoms with E-state index >= 15 is 0 Å². The first-order chi connectivity index (χ1) is 10.2. The van der Waals surface area contributed by atoms with Gasteiger partial charge in [0, 0.05) is 16.5 Å². The second-order valence-electron chi connectivity index (χ2n) is 4.91. The van der Waals surface area contributed by atoms with E-state index in [1.807, 2.05) is 42.5 Å². The molecule has 0 atom stereocenters. The highest BCUT2D eigenvalue weighted by molar-refractivity contribution is 6.38. The third-order valence-corrected chi connectivity index (χ3v) is 4.09. The first-order valence-corrected chi connectivity index (χ1v) is 6.90. The van der Waals surface area contributed by atoms with Gasteiger partial charge in [-0.15, -0.1) is 0 Å². The van der Waals surface area contributed by atoms with Crippen molar-refractivity contribution in [3.63, 3.8) is 0 Å². The third-order valence-electron chi connectivity index (χ3n) is 3.82. The zero-order valence-corrected chi connectivity index (χ0v) is 11.9. The molecule has 1 heterocycles. The maximum atomic E-state index is 12.6. The van der Waals surface area contributed by atoms with Crippen LogP contribution in [-0.4, -0.2) is 17.9 Å². The molecule has 0 radical (unpaired) electrons. The first-order valence-electron chi connectivity index (χ1n) is 6.52. The number of nitrogens with zero attached hydrogens (tertiary/aromatic N) is 1. The number of rotatable bonds is 1. The lowest BCUT2D eigenvalue weighted by Gasteiger charge is -2.08. The Balaban J connectivity index is 2.20. The molecule has 3 aromatic rings. The van der Waals surface area contributed by atoms with Crippen LogP contribution in [0.15, 0.2) is 42.5 Å². The molecule has 2 aromatic carbocycles. The summed E-state index contributed by atoms with van der Waals surface area (Å²) in [7, 11) is 1.61. The number of methoxy groups -OCH3 is 1. The van der Waals surface area contributed by atoms with Gasteiger partial charge in [-0.25, -0.2) is 4.98 Å². The van der Waals surface area contributed by atoms with Gasteiger partial charge >= 0.3 is 0 Å². The molecule has 1 aliphatic rings. The summed E-state index contributed by atoms with van der Waals surface area (Å²) in [4.78, 5) is 16.9. The van der Waals surface area contributed by atoms with E-state index in [1.165, 1.54) is 0 Å². The van der Waals surface area contributed by atoms with Crippen LogP contribution in [0.3, 0.4) is 0 Å². The van der Waals surface area contributed by atoms with Crippen LogP contribution in [0, 0.1) is 0 Å². The zero-order valence-electron chi connectivity index (χ0n) is 11.2. The molecule has 0 saturated heterocycles. The van der Waals surface area contributed by atoms with Crippen LogP contribution in [0.5, 0.6) is 5.75 Å². The maximum absolute atomic E-state index is 12.6. The molecule has 0 N–H and O–H groups in total. The number of fused-ring (bicyclic) bond motifs is 5. The number of benzene rings is 2. The Morgan fingerprint density at radius 1 is 1.05 bits per heavy atom. The van der Waals surface area contributed by atoms with E-state index in [2.05, 4.69) is 4.98 Å². The number of halogens is 1. The normalized spacial score (nSPS) is 12.4. The Kier molecular flexibility index (Phi) is 2.53. The van der Waals surface area contributed by atoms with Crippen molar-refractivity contribution in [2.45, 2.75) is 0 Å². The van der Waals surface area contributed by atoms with Crippen LogP contribution in [0.1, 0.15) is 15.9 Å². The summed E-state index contributed by atoms with van der Waals surface area (Å²) in [6.45, 7) is 0. The molecule has 102 valence electrons. The second kappa shape index (κ2) is 4.30. The number of ether oxygens (including phenoxy) is 1. The van der Waals surface area contributed by atoms with Crippen molar-refractivity contribution in [2.75, 3.05) is 7.11 Å². The maximum Gasteiger partial charge on any atom is 0.197 e. The minimum absolute atomic E-state index is 0.0668. The quantitative estimate of drug-likeness (QED) is 0.496.